The molecule has 1 nitrogen and oxygen atoms in total. The van der Waals surface area contributed by atoms with Crippen LogP contribution in [0.1, 0.15) is 19.3 Å². The van der Waals surface area contributed by atoms with Crippen LogP contribution in [0.5, 0.6) is 0 Å². The second-order valence-corrected chi connectivity index (χ2v) is 5.43. The van der Waals surface area contributed by atoms with E-state index in [1.54, 1.807) is 0 Å². The van der Waals surface area contributed by atoms with Crippen molar-refractivity contribution in [2.75, 3.05) is 11.5 Å². The van der Waals surface area contributed by atoms with Crippen molar-refractivity contribution in [2.45, 2.75) is 24.3 Å². The molecule has 1 rings (SSSR count). The normalized spacial score (nSPS) is 10.4. The van der Waals surface area contributed by atoms with Crippen LogP contribution in [0.3, 0.4) is 0 Å². The Kier molecular flexibility index (Phi) is 6.73. The minimum Gasteiger partial charge on any atom is -0.249 e. The van der Waals surface area contributed by atoms with E-state index < -0.39 is 0 Å². The molecule has 0 aliphatic rings. The van der Waals surface area contributed by atoms with E-state index in [1.165, 1.54) is 19.3 Å². The monoisotopic (exact) mass is 291 g/mol. The third-order valence-electron chi connectivity index (χ3n) is 1.75. The van der Waals surface area contributed by atoms with Gasteiger partial charge in [0.25, 0.3) is 0 Å². The molecule has 0 amide bonds. The van der Waals surface area contributed by atoms with Crippen molar-refractivity contribution in [3.8, 4) is 0 Å². The van der Waals surface area contributed by atoms with Crippen molar-refractivity contribution in [2.24, 2.45) is 0 Å². The molecule has 0 spiro atoms. The predicted octanol–water partition coefficient (Wildman–Crippen LogP) is 4.04. The van der Waals surface area contributed by atoms with Gasteiger partial charge in [-0.2, -0.15) is 12.6 Å². The number of aromatic nitrogens is 1. The standard InChI is InChI=1S/C10H14BrNS2/c11-9-4-5-10(12-8-9)14-7-3-1-2-6-13/h4-5,8,13H,1-3,6-7H2. The summed E-state index contributed by atoms with van der Waals surface area (Å²) in [6.45, 7) is 0. The van der Waals surface area contributed by atoms with Gasteiger partial charge in [0.15, 0.2) is 0 Å². The molecule has 0 N–H and O–H groups in total. The smallest absolute Gasteiger partial charge is 0.0960 e. The summed E-state index contributed by atoms with van der Waals surface area (Å²) in [4.78, 5) is 4.30. The molecule has 1 aromatic heterocycles. The first-order valence-electron chi connectivity index (χ1n) is 4.68. The molecule has 0 aliphatic carbocycles. The fraction of sp³-hybridized carbons (Fsp3) is 0.500. The van der Waals surface area contributed by atoms with Gasteiger partial charge in [0.1, 0.15) is 0 Å². The van der Waals surface area contributed by atoms with Gasteiger partial charge in [-0.1, -0.05) is 6.42 Å². The topological polar surface area (TPSA) is 12.9 Å². The molecule has 1 aromatic rings. The molecule has 0 radical (unpaired) electrons. The van der Waals surface area contributed by atoms with Crippen LogP contribution in [-0.2, 0) is 0 Å². The zero-order valence-electron chi connectivity index (χ0n) is 7.95. The summed E-state index contributed by atoms with van der Waals surface area (Å²) in [6.07, 6.45) is 5.59. The molecular formula is C10H14BrNS2. The quantitative estimate of drug-likeness (QED) is 0.483. The third-order valence-corrected chi connectivity index (χ3v) is 3.57. The Morgan fingerprint density at radius 1 is 1.29 bits per heavy atom. The zero-order valence-corrected chi connectivity index (χ0v) is 11.2. The van der Waals surface area contributed by atoms with E-state index >= 15 is 0 Å². The molecule has 78 valence electrons. The van der Waals surface area contributed by atoms with Gasteiger partial charge >= 0.3 is 0 Å². The molecule has 4 heteroatoms. The first-order chi connectivity index (χ1) is 6.83. The maximum absolute atomic E-state index is 4.30. The highest BCUT2D eigenvalue weighted by Crippen LogP contribution is 2.18. The van der Waals surface area contributed by atoms with Gasteiger partial charge < -0.3 is 0 Å². The maximum atomic E-state index is 4.30. The molecule has 0 atom stereocenters. The summed E-state index contributed by atoms with van der Waals surface area (Å²) < 4.78 is 1.04. The molecule has 0 unspecified atom stereocenters. The second-order valence-electron chi connectivity index (χ2n) is 2.95. The van der Waals surface area contributed by atoms with Gasteiger partial charge in [-0.15, -0.1) is 11.8 Å². The zero-order chi connectivity index (χ0) is 10.2. The molecule has 1 heterocycles. The summed E-state index contributed by atoms with van der Waals surface area (Å²) in [6, 6.07) is 4.08. The average molecular weight is 292 g/mol. The average Bonchev–Trinajstić information content (AvgIpc) is 2.21. The summed E-state index contributed by atoms with van der Waals surface area (Å²) in [5, 5.41) is 1.11. The lowest BCUT2D eigenvalue weighted by Gasteiger charge is -2.00. The Bertz CT molecular complexity index is 251. The summed E-state index contributed by atoms with van der Waals surface area (Å²) in [7, 11) is 0. The fourth-order valence-electron chi connectivity index (χ4n) is 1.02. The predicted molar refractivity (Wildman–Crippen MR) is 70.4 cm³/mol. The van der Waals surface area contributed by atoms with Gasteiger partial charge in [0.2, 0.25) is 0 Å². The minimum atomic E-state index is 1.00. The van der Waals surface area contributed by atoms with E-state index in [4.69, 9.17) is 0 Å². The van der Waals surface area contributed by atoms with Crippen molar-refractivity contribution in [3.05, 3.63) is 22.8 Å². The van der Waals surface area contributed by atoms with Crippen molar-refractivity contribution in [1.82, 2.24) is 4.98 Å². The number of hydrogen-bond acceptors (Lipinski definition) is 3. The van der Waals surface area contributed by atoms with Gasteiger partial charge in [-0.25, -0.2) is 4.98 Å². The lowest BCUT2D eigenvalue weighted by atomic mass is 10.3. The van der Waals surface area contributed by atoms with Crippen LogP contribution in [0, 0.1) is 0 Å². The molecule has 0 bridgehead atoms. The van der Waals surface area contributed by atoms with Crippen molar-refractivity contribution in [3.63, 3.8) is 0 Å². The first-order valence-corrected chi connectivity index (χ1v) is 7.09. The van der Waals surface area contributed by atoms with Gasteiger partial charge in [0, 0.05) is 10.7 Å². The summed E-state index contributed by atoms with van der Waals surface area (Å²) in [5.41, 5.74) is 0. The number of pyridine rings is 1. The van der Waals surface area contributed by atoms with E-state index in [9.17, 15) is 0 Å². The molecule has 0 saturated heterocycles. The fourth-order valence-corrected chi connectivity index (χ4v) is 2.32. The molecular weight excluding hydrogens is 278 g/mol. The first kappa shape index (κ1) is 12.4. The minimum absolute atomic E-state index is 1.00. The Morgan fingerprint density at radius 3 is 2.79 bits per heavy atom. The van der Waals surface area contributed by atoms with Crippen LogP contribution >= 0.6 is 40.3 Å². The van der Waals surface area contributed by atoms with Crippen molar-refractivity contribution >= 4 is 40.3 Å². The Labute approximate surface area is 104 Å². The van der Waals surface area contributed by atoms with Crippen molar-refractivity contribution in [1.29, 1.82) is 0 Å². The summed E-state index contributed by atoms with van der Waals surface area (Å²) in [5.74, 6) is 2.16. The van der Waals surface area contributed by atoms with E-state index in [2.05, 4.69) is 33.5 Å². The van der Waals surface area contributed by atoms with Crippen LogP contribution in [0.15, 0.2) is 27.8 Å². The number of halogens is 1. The number of rotatable bonds is 6. The molecule has 0 fully saturated rings. The van der Waals surface area contributed by atoms with Gasteiger partial charge in [-0.3, -0.25) is 0 Å². The number of nitrogens with zero attached hydrogens (tertiary/aromatic N) is 1. The Morgan fingerprint density at radius 2 is 2.14 bits per heavy atom. The summed E-state index contributed by atoms with van der Waals surface area (Å²) >= 11 is 9.37. The Hall–Kier alpha value is 0.330. The molecule has 0 aliphatic heterocycles. The second kappa shape index (κ2) is 7.60. The molecule has 14 heavy (non-hydrogen) atoms. The van der Waals surface area contributed by atoms with E-state index in [0.29, 0.717) is 0 Å². The van der Waals surface area contributed by atoms with Crippen LogP contribution < -0.4 is 0 Å². The highest BCUT2D eigenvalue weighted by molar-refractivity contribution is 9.10. The number of unbranched alkanes of at least 4 members (excludes halogenated alkanes) is 2. The molecule has 0 aromatic carbocycles. The number of thioether (sulfide) groups is 1. The van der Waals surface area contributed by atoms with E-state index in [1.807, 2.05) is 30.1 Å². The van der Waals surface area contributed by atoms with Crippen LogP contribution in [0.4, 0.5) is 0 Å². The van der Waals surface area contributed by atoms with Crippen LogP contribution in [0.25, 0.3) is 0 Å². The van der Waals surface area contributed by atoms with Gasteiger partial charge in [0.05, 0.1) is 5.03 Å². The maximum Gasteiger partial charge on any atom is 0.0960 e. The largest absolute Gasteiger partial charge is 0.249 e. The third kappa shape index (κ3) is 5.27. The Balaban J connectivity index is 2.15. The lowest BCUT2D eigenvalue weighted by Crippen LogP contribution is -1.84. The molecule has 0 saturated carbocycles. The number of thiol groups is 1. The van der Waals surface area contributed by atoms with Crippen LogP contribution in [-0.4, -0.2) is 16.5 Å². The van der Waals surface area contributed by atoms with Crippen molar-refractivity contribution < 1.29 is 0 Å². The van der Waals surface area contributed by atoms with Crippen LogP contribution in [0.2, 0.25) is 0 Å². The highest BCUT2D eigenvalue weighted by atomic mass is 79.9. The lowest BCUT2D eigenvalue weighted by molar-refractivity contribution is 0.786. The van der Waals surface area contributed by atoms with E-state index in [-0.39, 0.29) is 0 Å². The highest BCUT2D eigenvalue weighted by Gasteiger charge is 1.95. The van der Waals surface area contributed by atoms with Gasteiger partial charge in [-0.05, 0) is 52.4 Å². The van der Waals surface area contributed by atoms with E-state index in [0.717, 1.165) is 21.0 Å². The number of hydrogen-bond donors (Lipinski definition) is 1. The SMILES string of the molecule is SCCCCCSc1ccc(Br)cn1.